The van der Waals surface area contributed by atoms with Gasteiger partial charge in [-0.3, -0.25) is 9.59 Å². The van der Waals surface area contributed by atoms with Crippen LogP contribution in [0.2, 0.25) is 0 Å². The summed E-state index contributed by atoms with van der Waals surface area (Å²) in [5, 5.41) is 0. The summed E-state index contributed by atoms with van der Waals surface area (Å²) in [5.74, 6) is -0.259. The van der Waals surface area contributed by atoms with Crippen LogP contribution in [0.3, 0.4) is 0 Å². The third kappa shape index (κ3) is 4.52. The molecule has 0 unspecified atom stereocenters. The number of likely N-dealkylation sites (tertiary alicyclic amines) is 1. The van der Waals surface area contributed by atoms with Gasteiger partial charge >= 0.3 is 6.18 Å². The molecule has 7 heteroatoms. The molecule has 0 spiro atoms. The van der Waals surface area contributed by atoms with Crippen molar-refractivity contribution >= 4 is 11.8 Å². The average Bonchev–Trinajstić information content (AvgIpc) is 2.61. The number of nitrogens with zero attached hydrogens (tertiary/aromatic N) is 2. The van der Waals surface area contributed by atoms with Crippen LogP contribution in [0.5, 0.6) is 0 Å². The number of hydrogen-bond donors (Lipinski definition) is 0. The molecule has 0 atom stereocenters. The van der Waals surface area contributed by atoms with Crippen molar-refractivity contribution < 1.29 is 22.8 Å². The highest BCUT2D eigenvalue weighted by Crippen LogP contribution is 2.29. The van der Waals surface area contributed by atoms with Gasteiger partial charge in [0.2, 0.25) is 5.91 Å². The number of rotatable bonds is 4. The van der Waals surface area contributed by atoms with Crippen molar-refractivity contribution in [3.63, 3.8) is 0 Å². The largest absolute Gasteiger partial charge is 0.416 e. The maximum Gasteiger partial charge on any atom is 0.416 e. The lowest BCUT2D eigenvalue weighted by Crippen LogP contribution is -2.44. The zero-order chi connectivity index (χ0) is 18.6. The summed E-state index contributed by atoms with van der Waals surface area (Å²) < 4.78 is 37.8. The number of halogens is 3. The van der Waals surface area contributed by atoms with Crippen LogP contribution < -0.4 is 0 Å². The molecule has 0 radical (unpaired) electrons. The summed E-state index contributed by atoms with van der Waals surface area (Å²) >= 11 is 0. The molecule has 138 valence electrons. The highest BCUT2D eigenvalue weighted by atomic mass is 19.4. The third-order valence-electron chi connectivity index (χ3n) is 4.67. The molecule has 2 amide bonds. The maximum atomic E-state index is 12.6. The van der Waals surface area contributed by atoms with Crippen molar-refractivity contribution in [1.29, 1.82) is 0 Å². The number of alkyl halides is 3. The number of piperidine rings is 1. The Morgan fingerprint density at radius 2 is 1.60 bits per heavy atom. The van der Waals surface area contributed by atoms with E-state index in [0.29, 0.717) is 39.0 Å². The number of benzene rings is 1. The van der Waals surface area contributed by atoms with Crippen molar-refractivity contribution in [2.45, 2.75) is 32.9 Å². The zero-order valence-electron chi connectivity index (χ0n) is 14.5. The molecule has 0 saturated carbocycles. The lowest BCUT2D eigenvalue weighted by atomic mass is 9.94. The van der Waals surface area contributed by atoms with Crippen LogP contribution in [0.25, 0.3) is 0 Å². The van der Waals surface area contributed by atoms with E-state index in [4.69, 9.17) is 0 Å². The second-order valence-corrected chi connectivity index (χ2v) is 6.15. The van der Waals surface area contributed by atoms with Gasteiger partial charge in [0.25, 0.3) is 5.91 Å². The van der Waals surface area contributed by atoms with Crippen molar-refractivity contribution in [2.75, 3.05) is 26.2 Å². The van der Waals surface area contributed by atoms with Crippen molar-refractivity contribution in [1.82, 2.24) is 9.80 Å². The minimum absolute atomic E-state index is 0.0865. The SMILES string of the molecule is CCN(CC)C(=O)C1CCN(C(=O)c2ccc(C(F)(F)F)cc2)CC1. The molecular weight excluding hydrogens is 333 g/mol. The lowest BCUT2D eigenvalue weighted by molar-refractivity contribution is -0.138. The van der Waals surface area contributed by atoms with Crippen molar-refractivity contribution in [3.05, 3.63) is 35.4 Å². The van der Waals surface area contributed by atoms with E-state index in [1.165, 1.54) is 12.1 Å². The Morgan fingerprint density at radius 1 is 1.08 bits per heavy atom. The minimum atomic E-state index is -4.41. The molecule has 0 aromatic heterocycles. The van der Waals surface area contributed by atoms with Gasteiger partial charge in [-0.15, -0.1) is 0 Å². The first-order valence-electron chi connectivity index (χ1n) is 8.53. The fourth-order valence-corrected chi connectivity index (χ4v) is 3.11. The normalized spacial score (nSPS) is 16.0. The van der Waals surface area contributed by atoms with Gasteiger partial charge in [0.15, 0.2) is 0 Å². The molecule has 1 saturated heterocycles. The van der Waals surface area contributed by atoms with Gasteiger partial charge < -0.3 is 9.80 Å². The van der Waals surface area contributed by atoms with Crippen molar-refractivity contribution in [3.8, 4) is 0 Å². The summed E-state index contributed by atoms with van der Waals surface area (Å²) in [7, 11) is 0. The van der Waals surface area contributed by atoms with E-state index >= 15 is 0 Å². The van der Waals surface area contributed by atoms with Crippen LogP contribution in [0.15, 0.2) is 24.3 Å². The number of carbonyl (C=O) groups is 2. The molecule has 1 heterocycles. The van der Waals surface area contributed by atoms with E-state index in [1.54, 1.807) is 9.80 Å². The molecule has 2 rings (SSSR count). The molecular formula is C18H23F3N2O2. The monoisotopic (exact) mass is 356 g/mol. The number of carbonyl (C=O) groups excluding carboxylic acids is 2. The maximum absolute atomic E-state index is 12.6. The van der Waals surface area contributed by atoms with Gasteiger partial charge in [0, 0.05) is 37.7 Å². The van der Waals surface area contributed by atoms with Crippen LogP contribution in [0.4, 0.5) is 13.2 Å². The second kappa shape index (κ2) is 7.89. The highest BCUT2D eigenvalue weighted by Gasteiger charge is 2.32. The lowest BCUT2D eigenvalue weighted by Gasteiger charge is -2.33. The molecule has 1 aromatic carbocycles. The average molecular weight is 356 g/mol. The van der Waals surface area contributed by atoms with Crippen LogP contribution in [-0.4, -0.2) is 47.8 Å². The first-order valence-corrected chi connectivity index (χ1v) is 8.53. The Labute approximate surface area is 145 Å². The molecule has 0 aliphatic carbocycles. The fourth-order valence-electron chi connectivity index (χ4n) is 3.11. The Hall–Kier alpha value is -2.05. The second-order valence-electron chi connectivity index (χ2n) is 6.15. The molecule has 4 nitrogen and oxygen atoms in total. The molecule has 0 bridgehead atoms. The molecule has 25 heavy (non-hydrogen) atoms. The number of hydrogen-bond acceptors (Lipinski definition) is 2. The predicted molar refractivity (Wildman–Crippen MR) is 88.0 cm³/mol. The summed E-state index contributed by atoms with van der Waals surface area (Å²) in [4.78, 5) is 28.2. The summed E-state index contributed by atoms with van der Waals surface area (Å²) in [6, 6.07) is 4.25. The predicted octanol–water partition coefficient (Wildman–Crippen LogP) is 3.43. The van der Waals surface area contributed by atoms with Gasteiger partial charge in [-0.25, -0.2) is 0 Å². The molecule has 1 aliphatic rings. The first-order chi connectivity index (χ1) is 11.8. The van der Waals surface area contributed by atoms with Crippen molar-refractivity contribution in [2.24, 2.45) is 5.92 Å². The van der Waals surface area contributed by atoms with Gasteiger partial charge in [-0.2, -0.15) is 13.2 Å². The van der Waals surface area contributed by atoms with E-state index < -0.39 is 11.7 Å². The molecule has 1 fully saturated rings. The quantitative estimate of drug-likeness (QED) is 0.829. The standard InChI is InChI=1S/C18H23F3N2O2/c1-3-22(4-2)16(24)14-9-11-23(12-10-14)17(25)13-5-7-15(8-6-13)18(19,20)21/h5-8,14H,3-4,9-12H2,1-2H3. The number of amides is 2. The van der Waals surface area contributed by atoms with E-state index in [2.05, 4.69) is 0 Å². The van der Waals surface area contributed by atoms with Crippen LogP contribution >= 0.6 is 0 Å². The van der Waals surface area contributed by atoms with Gasteiger partial charge in [0.05, 0.1) is 5.56 Å². The third-order valence-corrected chi connectivity index (χ3v) is 4.67. The van der Waals surface area contributed by atoms with Gasteiger partial charge in [-0.1, -0.05) is 0 Å². The van der Waals surface area contributed by atoms with E-state index in [9.17, 15) is 22.8 Å². The highest BCUT2D eigenvalue weighted by molar-refractivity contribution is 5.94. The Kier molecular flexibility index (Phi) is 6.08. The van der Waals surface area contributed by atoms with E-state index in [0.717, 1.165) is 12.1 Å². The van der Waals surface area contributed by atoms with Crippen LogP contribution in [0.1, 0.15) is 42.6 Å². The topological polar surface area (TPSA) is 40.6 Å². The Bertz CT molecular complexity index is 602. The fraction of sp³-hybridized carbons (Fsp3) is 0.556. The van der Waals surface area contributed by atoms with Gasteiger partial charge in [-0.05, 0) is 51.0 Å². The Balaban J connectivity index is 1.96. The van der Waals surface area contributed by atoms with E-state index in [-0.39, 0.29) is 23.3 Å². The molecule has 0 N–H and O–H groups in total. The Morgan fingerprint density at radius 3 is 2.04 bits per heavy atom. The van der Waals surface area contributed by atoms with E-state index in [1.807, 2.05) is 13.8 Å². The summed E-state index contributed by atoms with van der Waals surface area (Å²) in [5.41, 5.74) is -0.533. The zero-order valence-corrected chi connectivity index (χ0v) is 14.5. The summed E-state index contributed by atoms with van der Waals surface area (Å²) in [6.07, 6.45) is -3.24. The van der Waals surface area contributed by atoms with Gasteiger partial charge in [0.1, 0.15) is 0 Å². The van der Waals surface area contributed by atoms with Crippen LogP contribution in [-0.2, 0) is 11.0 Å². The first kappa shape index (κ1) is 19.3. The molecule has 1 aliphatic heterocycles. The smallest absolute Gasteiger partial charge is 0.343 e. The minimum Gasteiger partial charge on any atom is -0.343 e. The summed E-state index contributed by atoms with van der Waals surface area (Å²) in [6.45, 7) is 6.09. The van der Waals surface area contributed by atoms with Crippen LogP contribution in [0, 0.1) is 5.92 Å². The molecule has 1 aromatic rings.